The largest absolute Gasteiger partial charge is 0.483 e. The first-order valence-corrected chi connectivity index (χ1v) is 10.3. The Morgan fingerprint density at radius 3 is 2.70 bits per heavy atom. The zero-order valence-electron chi connectivity index (χ0n) is 18.3. The summed E-state index contributed by atoms with van der Waals surface area (Å²) in [5.41, 5.74) is -0.0332. The molecule has 170 valence electrons. The summed E-state index contributed by atoms with van der Waals surface area (Å²) in [4.78, 5) is 42.6. The molecule has 4 rings (SSSR count). The van der Waals surface area contributed by atoms with Crippen molar-refractivity contribution in [3.63, 3.8) is 0 Å². The number of nitrogens with zero attached hydrogens (tertiary/aromatic N) is 2. The minimum Gasteiger partial charge on any atom is -0.483 e. The molecule has 0 fully saturated rings. The van der Waals surface area contributed by atoms with Crippen LogP contribution in [0.1, 0.15) is 26.5 Å². The van der Waals surface area contributed by atoms with Gasteiger partial charge in [0.2, 0.25) is 5.91 Å². The van der Waals surface area contributed by atoms with Gasteiger partial charge in [0.25, 0.3) is 5.91 Å². The summed E-state index contributed by atoms with van der Waals surface area (Å²) < 4.78 is 24.6. The molecule has 0 radical (unpaired) electrons. The van der Waals surface area contributed by atoms with Crippen molar-refractivity contribution in [1.29, 1.82) is 0 Å². The van der Waals surface area contributed by atoms with Crippen LogP contribution in [-0.2, 0) is 25.7 Å². The van der Waals surface area contributed by atoms with Crippen LogP contribution in [0.3, 0.4) is 0 Å². The number of ether oxygens (including phenoxy) is 2. The average Bonchev–Trinajstić information content (AvgIpc) is 2.77. The predicted octanol–water partition coefficient (Wildman–Crippen LogP) is 3.58. The maximum Gasteiger partial charge on any atom is 0.303 e. The van der Waals surface area contributed by atoms with Crippen molar-refractivity contribution in [2.24, 2.45) is 0 Å². The van der Waals surface area contributed by atoms with Crippen LogP contribution in [0.5, 0.6) is 5.75 Å². The fourth-order valence-corrected chi connectivity index (χ4v) is 3.78. The van der Waals surface area contributed by atoms with E-state index in [0.29, 0.717) is 22.5 Å². The summed E-state index contributed by atoms with van der Waals surface area (Å²) in [5.74, 6) is -1.40. The zero-order chi connectivity index (χ0) is 23.8. The third-order valence-electron chi connectivity index (χ3n) is 5.42. The van der Waals surface area contributed by atoms with Gasteiger partial charge in [-0.1, -0.05) is 12.1 Å². The molecule has 0 saturated carbocycles. The molecule has 0 unspecified atom stereocenters. The number of rotatable bonds is 5. The molecule has 1 aliphatic rings. The van der Waals surface area contributed by atoms with Gasteiger partial charge in [-0.15, -0.1) is 0 Å². The van der Waals surface area contributed by atoms with E-state index in [1.54, 1.807) is 38.2 Å². The number of benzene rings is 2. The van der Waals surface area contributed by atoms with Gasteiger partial charge < -0.3 is 14.8 Å². The lowest BCUT2D eigenvalue weighted by Crippen LogP contribution is -2.59. The first kappa shape index (κ1) is 22.2. The second kappa shape index (κ2) is 8.50. The lowest BCUT2D eigenvalue weighted by atomic mass is 9.96. The Balaban J connectivity index is 1.61. The van der Waals surface area contributed by atoms with E-state index >= 15 is 0 Å². The van der Waals surface area contributed by atoms with Crippen LogP contribution in [0.4, 0.5) is 15.8 Å². The van der Waals surface area contributed by atoms with Crippen LogP contribution < -0.4 is 15.0 Å². The minimum atomic E-state index is -1.20. The van der Waals surface area contributed by atoms with Gasteiger partial charge in [0.1, 0.15) is 23.7 Å². The van der Waals surface area contributed by atoms with E-state index in [2.05, 4.69) is 10.3 Å². The molecule has 1 N–H and O–H groups in total. The first-order valence-electron chi connectivity index (χ1n) is 10.3. The summed E-state index contributed by atoms with van der Waals surface area (Å²) in [5, 5.41) is 4.06. The molecule has 9 heteroatoms. The standard InChI is InChI=1S/C24H22FN3O5/c1-14(29)32-12-19-16-5-4-6-21(17(16)9-10-26-19)33-13-22(30)28-20-8-7-15(25)11-18(20)27-23(31)24(28,2)3/h4-11H,12-13H2,1-3H3,(H,27,31). The number of aromatic nitrogens is 1. The van der Waals surface area contributed by atoms with Crippen molar-refractivity contribution in [1.82, 2.24) is 4.98 Å². The second-order valence-electron chi connectivity index (χ2n) is 8.08. The van der Waals surface area contributed by atoms with E-state index in [4.69, 9.17) is 9.47 Å². The Labute approximate surface area is 189 Å². The van der Waals surface area contributed by atoms with Crippen LogP contribution in [0.25, 0.3) is 10.8 Å². The third kappa shape index (κ3) is 4.21. The van der Waals surface area contributed by atoms with Crippen LogP contribution in [0, 0.1) is 5.82 Å². The average molecular weight is 451 g/mol. The highest BCUT2D eigenvalue weighted by molar-refractivity contribution is 6.14. The number of anilines is 2. The molecule has 33 heavy (non-hydrogen) atoms. The highest BCUT2D eigenvalue weighted by atomic mass is 19.1. The molecule has 8 nitrogen and oxygen atoms in total. The topological polar surface area (TPSA) is 97.8 Å². The maximum absolute atomic E-state index is 13.7. The second-order valence-corrected chi connectivity index (χ2v) is 8.08. The van der Waals surface area contributed by atoms with Gasteiger partial charge in [-0.2, -0.15) is 0 Å². The Bertz CT molecular complexity index is 1270. The zero-order valence-corrected chi connectivity index (χ0v) is 18.3. The van der Waals surface area contributed by atoms with E-state index in [9.17, 15) is 18.8 Å². The summed E-state index contributed by atoms with van der Waals surface area (Å²) in [7, 11) is 0. The van der Waals surface area contributed by atoms with Gasteiger partial charge in [0, 0.05) is 23.9 Å². The third-order valence-corrected chi connectivity index (χ3v) is 5.42. The predicted molar refractivity (Wildman–Crippen MR) is 119 cm³/mol. The number of amides is 2. The molecule has 2 heterocycles. The molecular weight excluding hydrogens is 429 g/mol. The van der Waals surface area contributed by atoms with Gasteiger partial charge in [0.15, 0.2) is 6.61 Å². The molecule has 0 saturated heterocycles. The smallest absolute Gasteiger partial charge is 0.303 e. The molecule has 0 atom stereocenters. The molecule has 2 aromatic carbocycles. The number of esters is 1. The number of halogens is 1. The number of hydrogen-bond acceptors (Lipinski definition) is 6. The van der Waals surface area contributed by atoms with Gasteiger partial charge >= 0.3 is 5.97 Å². The monoisotopic (exact) mass is 451 g/mol. The van der Waals surface area contributed by atoms with Crippen molar-refractivity contribution in [2.45, 2.75) is 32.9 Å². The summed E-state index contributed by atoms with van der Waals surface area (Å²) in [6, 6.07) is 10.9. The normalized spacial score (nSPS) is 14.4. The molecule has 0 bridgehead atoms. The van der Waals surface area contributed by atoms with Crippen molar-refractivity contribution in [3.8, 4) is 5.75 Å². The number of nitrogens with one attached hydrogen (secondary N) is 1. The maximum atomic E-state index is 13.7. The summed E-state index contributed by atoms with van der Waals surface area (Å²) in [6.45, 7) is 4.20. The highest BCUT2D eigenvalue weighted by Crippen LogP contribution is 2.37. The lowest BCUT2D eigenvalue weighted by molar-refractivity contribution is -0.142. The van der Waals surface area contributed by atoms with E-state index in [1.165, 1.54) is 30.0 Å². The van der Waals surface area contributed by atoms with Gasteiger partial charge in [-0.3, -0.25) is 24.3 Å². The first-order chi connectivity index (χ1) is 15.7. The Morgan fingerprint density at radius 2 is 1.94 bits per heavy atom. The van der Waals surface area contributed by atoms with Gasteiger partial charge in [-0.05, 0) is 44.2 Å². The number of hydrogen-bond donors (Lipinski definition) is 1. The van der Waals surface area contributed by atoms with Crippen molar-refractivity contribution < 1.29 is 28.2 Å². The molecule has 0 aliphatic carbocycles. The number of pyridine rings is 1. The molecule has 0 spiro atoms. The number of fused-ring (bicyclic) bond motifs is 2. The Hall–Kier alpha value is -4.01. The molecule has 1 aromatic heterocycles. The highest BCUT2D eigenvalue weighted by Gasteiger charge is 2.43. The van der Waals surface area contributed by atoms with Gasteiger partial charge in [0.05, 0.1) is 17.1 Å². The molecule has 3 aromatic rings. The summed E-state index contributed by atoms with van der Waals surface area (Å²) in [6.07, 6.45) is 1.57. The van der Waals surface area contributed by atoms with E-state index in [1.807, 2.05) is 6.07 Å². The van der Waals surface area contributed by atoms with E-state index in [-0.39, 0.29) is 18.9 Å². The van der Waals surface area contributed by atoms with Crippen LogP contribution in [-0.4, -0.2) is 34.9 Å². The molecule has 2 amide bonds. The van der Waals surface area contributed by atoms with Crippen molar-refractivity contribution >= 4 is 39.9 Å². The SMILES string of the molecule is CC(=O)OCc1nccc2c(OCC(=O)N3c4ccc(F)cc4NC(=O)C3(C)C)cccc12. The number of carbonyl (C=O) groups excluding carboxylic acids is 3. The van der Waals surface area contributed by atoms with Crippen LogP contribution in [0.2, 0.25) is 0 Å². The number of carbonyl (C=O) groups is 3. The van der Waals surface area contributed by atoms with E-state index < -0.39 is 29.1 Å². The van der Waals surface area contributed by atoms with Crippen LogP contribution in [0.15, 0.2) is 48.7 Å². The molecular formula is C24H22FN3O5. The minimum absolute atomic E-state index is 0.0134. The van der Waals surface area contributed by atoms with Gasteiger partial charge in [-0.25, -0.2) is 4.39 Å². The molecule has 1 aliphatic heterocycles. The Morgan fingerprint density at radius 1 is 1.15 bits per heavy atom. The fourth-order valence-electron chi connectivity index (χ4n) is 3.78. The van der Waals surface area contributed by atoms with Crippen molar-refractivity contribution in [2.75, 3.05) is 16.8 Å². The fraction of sp³-hybridized carbons (Fsp3) is 0.250. The van der Waals surface area contributed by atoms with Crippen LogP contribution >= 0.6 is 0 Å². The van der Waals surface area contributed by atoms with Crippen molar-refractivity contribution in [3.05, 3.63) is 60.2 Å². The Kier molecular flexibility index (Phi) is 5.71. The quantitative estimate of drug-likeness (QED) is 0.596. The summed E-state index contributed by atoms with van der Waals surface area (Å²) >= 11 is 0. The van der Waals surface area contributed by atoms with E-state index in [0.717, 1.165) is 5.39 Å². The lowest BCUT2D eigenvalue weighted by Gasteiger charge is -2.41.